The highest BCUT2D eigenvalue weighted by Crippen LogP contribution is 2.42. The highest BCUT2D eigenvalue weighted by Gasteiger charge is 2.31. The van der Waals surface area contributed by atoms with Crippen molar-refractivity contribution in [1.82, 2.24) is 5.32 Å². The summed E-state index contributed by atoms with van der Waals surface area (Å²) in [4.78, 5) is 0. The summed E-state index contributed by atoms with van der Waals surface area (Å²) in [7, 11) is 0. The lowest BCUT2D eigenvalue weighted by Crippen LogP contribution is -2.23. The highest BCUT2D eigenvalue weighted by atomic mass is 19.1. The van der Waals surface area contributed by atoms with Gasteiger partial charge in [0.1, 0.15) is 5.82 Å². The van der Waals surface area contributed by atoms with Gasteiger partial charge in [-0.3, -0.25) is 0 Å². The molecule has 0 aromatic heterocycles. The minimum atomic E-state index is -0.112. The van der Waals surface area contributed by atoms with Crippen LogP contribution in [-0.2, 0) is 0 Å². The van der Waals surface area contributed by atoms with Gasteiger partial charge in [-0.1, -0.05) is 19.1 Å². The Balaban J connectivity index is 2.01. The maximum atomic E-state index is 13.2. The van der Waals surface area contributed by atoms with E-state index < -0.39 is 0 Å². The van der Waals surface area contributed by atoms with E-state index in [-0.39, 0.29) is 5.82 Å². The first-order valence-corrected chi connectivity index (χ1v) is 6.27. The van der Waals surface area contributed by atoms with Crippen LogP contribution in [0.5, 0.6) is 0 Å². The topological polar surface area (TPSA) is 12.0 Å². The molecule has 1 unspecified atom stereocenters. The Bertz CT molecular complexity index is 333. The number of rotatable bonds is 6. The first-order chi connectivity index (χ1) is 7.81. The van der Waals surface area contributed by atoms with Crippen LogP contribution in [0.15, 0.2) is 24.3 Å². The van der Waals surface area contributed by atoms with Crippen molar-refractivity contribution < 1.29 is 4.39 Å². The van der Waals surface area contributed by atoms with Gasteiger partial charge >= 0.3 is 0 Å². The second-order valence-electron chi connectivity index (χ2n) is 4.70. The van der Waals surface area contributed by atoms with Crippen molar-refractivity contribution in [2.45, 2.75) is 32.1 Å². The minimum Gasteiger partial charge on any atom is -0.316 e. The molecule has 1 atom stereocenters. The van der Waals surface area contributed by atoms with Crippen LogP contribution in [0.4, 0.5) is 4.39 Å². The van der Waals surface area contributed by atoms with Crippen molar-refractivity contribution in [3.05, 3.63) is 35.6 Å². The molecule has 2 rings (SSSR count). The maximum Gasteiger partial charge on any atom is 0.123 e. The third-order valence-electron chi connectivity index (χ3n) is 3.26. The van der Waals surface area contributed by atoms with E-state index in [1.807, 2.05) is 6.07 Å². The molecular weight excluding hydrogens is 201 g/mol. The molecule has 0 radical (unpaired) electrons. The summed E-state index contributed by atoms with van der Waals surface area (Å²) in [5.74, 6) is 1.16. The smallest absolute Gasteiger partial charge is 0.123 e. The molecule has 0 heterocycles. The van der Waals surface area contributed by atoms with Gasteiger partial charge in [0.25, 0.3) is 0 Å². The summed E-state index contributed by atoms with van der Waals surface area (Å²) in [6.45, 7) is 4.21. The molecule has 0 saturated heterocycles. The van der Waals surface area contributed by atoms with Crippen LogP contribution in [0.25, 0.3) is 0 Å². The fraction of sp³-hybridized carbons (Fsp3) is 0.571. The summed E-state index contributed by atoms with van der Waals surface area (Å²) in [5.41, 5.74) is 1.16. The van der Waals surface area contributed by atoms with Gasteiger partial charge in [0.05, 0.1) is 0 Å². The first-order valence-electron chi connectivity index (χ1n) is 6.27. The second kappa shape index (κ2) is 5.44. The fourth-order valence-electron chi connectivity index (χ4n) is 2.23. The molecule has 0 aliphatic heterocycles. The summed E-state index contributed by atoms with van der Waals surface area (Å²) in [6, 6.07) is 7.09. The summed E-state index contributed by atoms with van der Waals surface area (Å²) < 4.78 is 13.2. The lowest BCUT2D eigenvalue weighted by Gasteiger charge is -2.17. The Morgan fingerprint density at radius 2 is 2.25 bits per heavy atom. The zero-order valence-corrected chi connectivity index (χ0v) is 9.88. The van der Waals surface area contributed by atoms with E-state index in [1.54, 1.807) is 6.07 Å². The van der Waals surface area contributed by atoms with Crippen molar-refractivity contribution in [1.29, 1.82) is 0 Å². The highest BCUT2D eigenvalue weighted by molar-refractivity contribution is 5.23. The van der Waals surface area contributed by atoms with Crippen LogP contribution in [0.3, 0.4) is 0 Å². The van der Waals surface area contributed by atoms with Gasteiger partial charge in [0.15, 0.2) is 0 Å². The predicted molar refractivity (Wildman–Crippen MR) is 65.0 cm³/mol. The van der Waals surface area contributed by atoms with Gasteiger partial charge in [0.2, 0.25) is 0 Å². The zero-order valence-electron chi connectivity index (χ0n) is 9.88. The SMILES string of the molecule is CCCNCC(c1cccc(F)c1)C1CC1. The minimum absolute atomic E-state index is 0.112. The Kier molecular flexibility index (Phi) is 3.94. The fourth-order valence-corrected chi connectivity index (χ4v) is 2.23. The quantitative estimate of drug-likeness (QED) is 0.727. The van der Waals surface area contributed by atoms with Crippen molar-refractivity contribution in [3.63, 3.8) is 0 Å². The summed E-state index contributed by atoms with van der Waals surface area (Å²) in [6.07, 6.45) is 3.75. The molecular formula is C14H20FN. The van der Waals surface area contributed by atoms with E-state index in [0.717, 1.165) is 31.0 Å². The molecule has 1 saturated carbocycles. The summed E-state index contributed by atoms with van der Waals surface area (Å²) in [5, 5.41) is 3.45. The lowest BCUT2D eigenvalue weighted by molar-refractivity contribution is 0.529. The Morgan fingerprint density at radius 3 is 2.88 bits per heavy atom. The van der Waals surface area contributed by atoms with Crippen LogP contribution >= 0.6 is 0 Å². The molecule has 2 heteroatoms. The molecule has 0 spiro atoms. The van der Waals surface area contributed by atoms with Crippen LogP contribution < -0.4 is 5.32 Å². The Labute approximate surface area is 97.1 Å². The van der Waals surface area contributed by atoms with Crippen molar-refractivity contribution in [2.24, 2.45) is 5.92 Å². The number of benzene rings is 1. The average Bonchev–Trinajstić information content (AvgIpc) is 3.08. The van der Waals surface area contributed by atoms with Gasteiger partial charge < -0.3 is 5.32 Å². The zero-order chi connectivity index (χ0) is 11.4. The largest absolute Gasteiger partial charge is 0.316 e. The second-order valence-corrected chi connectivity index (χ2v) is 4.70. The number of nitrogens with one attached hydrogen (secondary N) is 1. The van der Waals surface area contributed by atoms with Gasteiger partial charge in [-0.2, -0.15) is 0 Å². The van der Waals surface area contributed by atoms with E-state index in [4.69, 9.17) is 0 Å². The van der Waals surface area contributed by atoms with Crippen LogP contribution in [0.1, 0.15) is 37.7 Å². The molecule has 1 fully saturated rings. The van der Waals surface area contributed by atoms with Gasteiger partial charge in [-0.25, -0.2) is 4.39 Å². The Morgan fingerprint density at radius 1 is 1.44 bits per heavy atom. The van der Waals surface area contributed by atoms with Crippen LogP contribution in [0.2, 0.25) is 0 Å². The standard InChI is InChI=1S/C14H20FN/c1-2-8-16-10-14(11-6-7-11)12-4-3-5-13(15)9-12/h3-5,9,11,14,16H,2,6-8,10H2,1H3. The molecule has 1 aliphatic rings. The molecule has 1 N–H and O–H groups in total. The van der Waals surface area contributed by atoms with E-state index in [2.05, 4.69) is 18.3 Å². The monoisotopic (exact) mass is 221 g/mol. The van der Waals surface area contributed by atoms with Crippen molar-refractivity contribution in [2.75, 3.05) is 13.1 Å². The van der Waals surface area contributed by atoms with Crippen LogP contribution in [0, 0.1) is 11.7 Å². The lowest BCUT2D eigenvalue weighted by atomic mass is 9.94. The maximum absolute atomic E-state index is 13.2. The number of hydrogen-bond acceptors (Lipinski definition) is 1. The molecule has 1 nitrogen and oxygen atoms in total. The molecule has 1 aromatic carbocycles. The van der Waals surface area contributed by atoms with E-state index >= 15 is 0 Å². The van der Waals surface area contributed by atoms with Crippen LogP contribution in [-0.4, -0.2) is 13.1 Å². The van der Waals surface area contributed by atoms with E-state index in [1.165, 1.54) is 18.9 Å². The molecule has 16 heavy (non-hydrogen) atoms. The normalized spacial score (nSPS) is 17.4. The molecule has 0 amide bonds. The average molecular weight is 221 g/mol. The van der Waals surface area contributed by atoms with Gasteiger partial charge in [-0.15, -0.1) is 0 Å². The van der Waals surface area contributed by atoms with E-state index in [9.17, 15) is 4.39 Å². The molecule has 1 aromatic rings. The van der Waals surface area contributed by atoms with Crippen molar-refractivity contribution >= 4 is 0 Å². The molecule has 1 aliphatic carbocycles. The Hall–Kier alpha value is -0.890. The first kappa shape index (κ1) is 11.6. The number of halogens is 1. The van der Waals surface area contributed by atoms with Crippen molar-refractivity contribution in [3.8, 4) is 0 Å². The number of hydrogen-bond donors (Lipinski definition) is 1. The van der Waals surface area contributed by atoms with Gasteiger partial charge in [-0.05, 0) is 55.3 Å². The predicted octanol–water partition coefficient (Wildman–Crippen LogP) is 3.32. The van der Waals surface area contributed by atoms with E-state index in [0.29, 0.717) is 5.92 Å². The summed E-state index contributed by atoms with van der Waals surface area (Å²) >= 11 is 0. The third kappa shape index (κ3) is 3.05. The molecule has 88 valence electrons. The van der Waals surface area contributed by atoms with Gasteiger partial charge in [0, 0.05) is 6.54 Å². The molecule has 0 bridgehead atoms. The third-order valence-corrected chi connectivity index (χ3v) is 3.26.